The summed E-state index contributed by atoms with van der Waals surface area (Å²) in [6.07, 6.45) is 0. The fourth-order valence-corrected chi connectivity index (χ4v) is 1.36. The lowest BCUT2D eigenvalue weighted by Gasteiger charge is -2.03. The van der Waals surface area contributed by atoms with Gasteiger partial charge in [0.2, 0.25) is 11.1 Å². The summed E-state index contributed by atoms with van der Waals surface area (Å²) >= 11 is 0. The van der Waals surface area contributed by atoms with Gasteiger partial charge in [-0.15, -0.1) is 0 Å². The van der Waals surface area contributed by atoms with Gasteiger partial charge in [0.15, 0.2) is 5.52 Å². The molecule has 0 spiro atoms. The minimum absolute atomic E-state index is 0.0932. The van der Waals surface area contributed by atoms with Crippen LogP contribution in [0.15, 0.2) is 9.21 Å². The summed E-state index contributed by atoms with van der Waals surface area (Å²) < 4.78 is 5.44. The van der Waals surface area contributed by atoms with E-state index in [1.807, 2.05) is 13.8 Å². The van der Waals surface area contributed by atoms with Crippen molar-refractivity contribution < 1.29 is 4.42 Å². The van der Waals surface area contributed by atoms with Crippen LogP contribution in [-0.2, 0) is 0 Å². The van der Waals surface area contributed by atoms with Gasteiger partial charge in [0, 0.05) is 5.56 Å². The minimum Gasteiger partial charge on any atom is -0.441 e. The van der Waals surface area contributed by atoms with Crippen LogP contribution in [0.1, 0.15) is 22.7 Å². The second-order valence-corrected chi connectivity index (χ2v) is 3.66. The van der Waals surface area contributed by atoms with E-state index < -0.39 is 0 Å². The van der Waals surface area contributed by atoms with Gasteiger partial charge in [-0.05, 0) is 27.7 Å². The van der Waals surface area contributed by atoms with Gasteiger partial charge in [0.1, 0.15) is 5.76 Å². The molecule has 4 nitrogen and oxygen atoms in total. The Morgan fingerprint density at radius 1 is 1.00 bits per heavy atom. The molecule has 0 aliphatic rings. The first-order valence-corrected chi connectivity index (χ1v) is 4.76. The SMILES string of the molecule is Cc1nc2oc(C)c(C)c(=O)c2nc1C. The lowest BCUT2D eigenvalue weighted by Crippen LogP contribution is -2.11. The zero-order chi connectivity index (χ0) is 11.2. The summed E-state index contributed by atoms with van der Waals surface area (Å²) in [5.74, 6) is 0.602. The van der Waals surface area contributed by atoms with Crippen LogP contribution in [0.5, 0.6) is 0 Å². The van der Waals surface area contributed by atoms with Crippen LogP contribution < -0.4 is 5.43 Å². The quantitative estimate of drug-likeness (QED) is 0.656. The van der Waals surface area contributed by atoms with E-state index >= 15 is 0 Å². The van der Waals surface area contributed by atoms with Crippen molar-refractivity contribution in [2.75, 3.05) is 0 Å². The molecule has 0 fully saturated rings. The third-order valence-electron chi connectivity index (χ3n) is 2.61. The lowest BCUT2D eigenvalue weighted by atomic mass is 10.2. The molecule has 0 saturated heterocycles. The Labute approximate surface area is 87.0 Å². The van der Waals surface area contributed by atoms with Crippen LogP contribution in [-0.4, -0.2) is 9.97 Å². The summed E-state index contributed by atoms with van der Waals surface area (Å²) in [5.41, 5.74) is 2.70. The third-order valence-corrected chi connectivity index (χ3v) is 2.61. The molecule has 0 aromatic carbocycles. The molecule has 0 saturated carbocycles. The van der Waals surface area contributed by atoms with Gasteiger partial charge < -0.3 is 4.42 Å². The molecule has 0 N–H and O–H groups in total. The maximum absolute atomic E-state index is 11.9. The van der Waals surface area contributed by atoms with E-state index in [-0.39, 0.29) is 5.43 Å². The topological polar surface area (TPSA) is 56.0 Å². The summed E-state index contributed by atoms with van der Waals surface area (Å²) in [5, 5.41) is 0. The number of fused-ring (bicyclic) bond motifs is 1. The Hall–Kier alpha value is -1.71. The van der Waals surface area contributed by atoms with Crippen LogP contribution in [0.3, 0.4) is 0 Å². The van der Waals surface area contributed by atoms with Crippen molar-refractivity contribution in [2.45, 2.75) is 27.7 Å². The first-order valence-electron chi connectivity index (χ1n) is 4.76. The largest absolute Gasteiger partial charge is 0.441 e. The minimum atomic E-state index is -0.0932. The van der Waals surface area contributed by atoms with Crippen LogP contribution >= 0.6 is 0 Å². The van der Waals surface area contributed by atoms with Gasteiger partial charge in [0.25, 0.3) is 0 Å². The van der Waals surface area contributed by atoms with Crippen LogP contribution in [0.2, 0.25) is 0 Å². The number of hydrogen-bond acceptors (Lipinski definition) is 4. The molecular weight excluding hydrogens is 192 g/mol. The fraction of sp³-hybridized carbons (Fsp3) is 0.364. The van der Waals surface area contributed by atoms with Crippen LogP contribution in [0.4, 0.5) is 0 Å². The predicted molar refractivity (Wildman–Crippen MR) is 57.0 cm³/mol. The average Bonchev–Trinajstić information content (AvgIpc) is 2.19. The van der Waals surface area contributed by atoms with E-state index in [0.29, 0.717) is 22.6 Å². The van der Waals surface area contributed by atoms with Crippen molar-refractivity contribution in [2.24, 2.45) is 0 Å². The molecule has 4 heteroatoms. The van der Waals surface area contributed by atoms with E-state index in [0.717, 1.165) is 11.4 Å². The summed E-state index contributed by atoms with van der Waals surface area (Å²) in [6, 6.07) is 0. The third kappa shape index (κ3) is 1.42. The number of rotatable bonds is 0. The highest BCUT2D eigenvalue weighted by Crippen LogP contribution is 2.12. The molecule has 78 valence electrons. The Morgan fingerprint density at radius 2 is 1.60 bits per heavy atom. The average molecular weight is 204 g/mol. The molecule has 2 heterocycles. The van der Waals surface area contributed by atoms with Crippen molar-refractivity contribution in [3.63, 3.8) is 0 Å². The second-order valence-electron chi connectivity index (χ2n) is 3.66. The monoisotopic (exact) mass is 204 g/mol. The predicted octanol–water partition coefficient (Wildman–Crippen LogP) is 1.82. The molecule has 2 rings (SSSR count). The zero-order valence-electron chi connectivity index (χ0n) is 9.21. The Bertz CT molecular complexity index is 594. The molecule has 0 aliphatic heterocycles. The van der Waals surface area contributed by atoms with Gasteiger partial charge >= 0.3 is 0 Å². The molecular formula is C11H12N2O2. The smallest absolute Gasteiger partial charge is 0.249 e. The molecule has 0 amide bonds. The number of nitrogens with zero attached hydrogens (tertiary/aromatic N) is 2. The molecule has 0 bridgehead atoms. The standard InChI is InChI=1S/C11H12N2O2/c1-5-8(4)15-11-9(10(5)14)12-6(2)7(3)13-11/h1-4H3. The Kier molecular flexibility index (Phi) is 2.07. The van der Waals surface area contributed by atoms with E-state index in [9.17, 15) is 4.79 Å². The second kappa shape index (κ2) is 3.15. The highest BCUT2D eigenvalue weighted by atomic mass is 16.3. The molecule has 15 heavy (non-hydrogen) atoms. The summed E-state index contributed by atoms with van der Waals surface area (Å²) in [6.45, 7) is 7.16. The molecule has 2 aromatic heterocycles. The summed E-state index contributed by atoms with van der Waals surface area (Å²) in [7, 11) is 0. The van der Waals surface area contributed by atoms with Crippen LogP contribution in [0, 0.1) is 27.7 Å². The Morgan fingerprint density at radius 3 is 2.27 bits per heavy atom. The fourth-order valence-electron chi connectivity index (χ4n) is 1.36. The highest BCUT2D eigenvalue weighted by Gasteiger charge is 2.11. The van der Waals surface area contributed by atoms with Gasteiger partial charge in [-0.3, -0.25) is 4.79 Å². The van der Waals surface area contributed by atoms with Gasteiger partial charge in [-0.2, -0.15) is 0 Å². The lowest BCUT2D eigenvalue weighted by molar-refractivity contribution is 0.544. The zero-order valence-corrected chi connectivity index (χ0v) is 9.21. The van der Waals surface area contributed by atoms with E-state index in [4.69, 9.17) is 4.42 Å². The maximum Gasteiger partial charge on any atom is 0.249 e. The van der Waals surface area contributed by atoms with Gasteiger partial charge in [-0.1, -0.05) is 0 Å². The normalized spacial score (nSPS) is 10.9. The Balaban J connectivity index is 3.00. The van der Waals surface area contributed by atoms with Crippen molar-refractivity contribution in [3.8, 4) is 0 Å². The molecule has 0 unspecified atom stereocenters. The number of aryl methyl sites for hydroxylation is 3. The number of hydrogen-bond donors (Lipinski definition) is 0. The molecule has 0 aliphatic carbocycles. The van der Waals surface area contributed by atoms with Gasteiger partial charge in [-0.25, -0.2) is 9.97 Å². The van der Waals surface area contributed by atoms with Crippen LogP contribution in [0.25, 0.3) is 11.2 Å². The molecule has 0 atom stereocenters. The van der Waals surface area contributed by atoms with E-state index in [2.05, 4.69) is 9.97 Å². The first-order chi connectivity index (χ1) is 7.00. The molecule has 0 radical (unpaired) electrons. The van der Waals surface area contributed by atoms with E-state index in [1.165, 1.54) is 0 Å². The molecule has 2 aromatic rings. The van der Waals surface area contributed by atoms with Gasteiger partial charge in [0.05, 0.1) is 11.4 Å². The summed E-state index contributed by atoms with van der Waals surface area (Å²) in [4.78, 5) is 20.3. The van der Waals surface area contributed by atoms with E-state index in [1.54, 1.807) is 13.8 Å². The maximum atomic E-state index is 11.9. The van der Waals surface area contributed by atoms with Crippen molar-refractivity contribution in [1.82, 2.24) is 9.97 Å². The van der Waals surface area contributed by atoms with Crippen molar-refractivity contribution in [3.05, 3.63) is 32.9 Å². The first kappa shape index (κ1) is 9.83. The number of aromatic nitrogens is 2. The highest BCUT2D eigenvalue weighted by molar-refractivity contribution is 5.68. The van der Waals surface area contributed by atoms with Crippen molar-refractivity contribution >= 4 is 11.2 Å². The van der Waals surface area contributed by atoms with Crippen molar-refractivity contribution in [1.29, 1.82) is 0 Å².